The van der Waals surface area contributed by atoms with E-state index < -0.39 is 11.6 Å². The van der Waals surface area contributed by atoms with Gasteiger partial charge in [0, 0.05) is 18.0 Å². The van der Waals surface area contributed by atoms with Crippen LogP contribution in [0.25, 0.3) is 0 Å². The summed E-state index contributed by atoms with van der Waals surface area (Å²) in [4.78, 5) is 16.3. The van der Waals surface area contributed by atoms with Crippen LogP contribution in [-0.2, 0) is 0 Å². The lowest BCUT2D eigenvalue weighted by Gasteiger charge is -2.09. The average Bonchev–Trinajstić information content (AvgIpc) is 2.65. The first-order chi connectivity index (χ1) is 12.5. The van der Waals surface area contributed by atoms with Crippen molar-refractivity contribution in [2.75, 3.05) is 17.7 Å². The summed E-state index contributed by atoms with van der Waals surface area (Å²) in [5, 5.41) is 5.47. The summed E-state index contributed by atoms with van der Waals surface area (Å²) < 4.78 is 31.6. The zero-order chi connectivity index (χ0) is 18.5. The summed E-state index contributed by atoms with van der Waals surface area (Å²) in [7, 11) is 1.56. The molecule has 26 heavy (non-hydrogen) atoms. The number of carbonyl (C=O) groups excluding carboxylic acids is 1. The van der Waals surface area contributed by atoms with Crippen LogP contribution >= 0.6 is 0 Å². The number of anilines is 3. The number of amides is 1. The van der Waals surface area contributed by atoms with E-state index in [0.717, 1.165) is 12.1 Å². The van der Waals surface area contributed by atoms with Crippen molar-refractivity contribution in [1.82, 2.24) is 4.98 Å². The van der Waals surface area contributed by atoms with Crippen LogP contribution in [0.1, 0.15) is 10.4 Å². The molecule has 0 saturated carbocycles. The van der Waals surface area contributed by atoms with Gasteiger partial charge in [-0.2, -0.15) is 0 Å². The first kappa shape index (κ1) is 17.3. The van der Waals surface area contributed by atoms with Gasteiger partial charge in [-0.05, 0) is 48.5 Å². The lowest BCUT2D eigenvalue weighted by molar-refractivity contribution is 0.102. The fraction of sp³-hybridized carbons (Fsp3) is 0.0526. The first-order valence-electron chi connectivity index (χ1n) is 7.69. The maximum absolute atomic E-state index is 13.6. The number of nitrogens with zero attached hydrogens (tertiary/aromatic N) is 1. The lowest BCUT2D eigenvalue weighted by atomic mass is 10.2. The van der Waals surface area contributed by atoms with E-state index in [0.29, 0.717) is 22.8 Å². The van der Waals surface area contributed by atoms with E-state index >= 15 is 0 Å². The fourth-order valence-corrected chi connectivity index (χ4v) is 2.21. The molecule has 0 aliphatic rings. The van der Waals surface area contributed by atoms with E-state index in [1.54, 1.807) is 37.4 Å². The number of ether oxygens (including phenoxy) is 1. The number of hydrogen-bond acceptors (Lipinski definition) is 4. The number of rotatable bonds is 5. The van der Waals surface area contributed by atoms with E-state index in [1.807, 2.05) is 0 Å². The predicted octanol–water partition coefficient (Wildman–Crippen LogP) is 4.36. The molecular formula is C19H15F2N3O2. The molecule has 0 saturated heterocycles. The molecule has 0 bridgehead atoms. The molecule has 0 radical (unpaired) electrons. The molecule has 0 aliphatic carbocycles. The van der Waals surface area contributed by atoms with Crippen LogP contribution in [0.15, 0.2) is 60.8 Å². The highest BCUT2D eigenvalue weighted by atomic mass is 19.1. The van der Waals surface area contributed by atoms with Crippen LogP contribution in [0.5, 0.6) is 5.75 Å². The Hall–Kier alpha value is -3.48. The van der Waals surface area contributed by atoms with Gasteiger partial charge in [0.15, 0.2) is 0 Å². The number of methoxy groups -OCH3 is 1. The summed E-state index contributed by atoms with van der Waals surface area (Å²) >= 11 is 0. The number of aromatic nitrogens is 1. The zero-order valence-electron chi connectivity index (χ0n) is 13.8. The third-order valence-electron chi connectivity index (χ3n) is 3.57. The average molecular weight is 355 g/mol. The van der Waals surface area contributed by atoms with Gasteiger partial charge >= 0.3 is 0 Å². The van der Waals surface area contributed by atoms with Gasteiger partial charge in [-0.1, -0.05) is 0 Å². The molecule has 0 unspecified atom stereocenters. The Morgan fingerprint density at radius 1 is 1.04 bits per heavy atom. The van der Waals surface area contributed by atoms with Gasteiger partial charge in [-0.15, -0.1) is 0 Å². The SMILES string of the molecule is COc1ccc(NC(=O)c2ccc(Nc3ccc(F)cc3F)nc2)cc1. The monoisotopic (exact) mass is 355 g/mol. The van der Waals surface area contributed by atoms with Gasteiger partial charge in [-0.3, -0.25) is 4.79 Å². The Labute approximate surface area is 148 Å². The molecule has 0 atom stereocenters. The van der Waals surface area contributed by atoms with Gasteiger partial charge in [0.1, 0.15) is 23.2 Å². The minimum Gasteiger partial charge on any atom is -0.497 e. The van der Waals surface area contributed by atoms with Gasteiger partial charge in [-0.25, -0.2) is 13.8 Å². The quantitative estimate of drug-likeness (QED) is 0.714. The molecule has 7 heteroatoms. The standard InChI is InChI=1S/C19H15F2N3O2/c1-26-15-6-4-14(5-7-15)23-19(25)12-2-9-18(22-11-12)24-17-8-3-13(20)10-16(17)21/h2-11H,1H3,(H,22,24)(H,23,25). The maximum Gasteiger partial charge on any atom is 0.257 e. The summed E-state index contributed by atoms with van der Waals surface area (Å²) in [5.41, 5.74) is 1.05. The summed E-state index contributed by atoms with van der Waals surface area (Å²) in [6, 6.07) is 13.2. The molecule has 3 aromatic rings. The van der Waals surface area contributed by atoms with Crippen LogP contribution in [0, 0.1) is 11.6 Å². The van der Waals surface area contributed by atoms with Crippen molar-refractivity contribution in [3.8, 4) is 5.75 Å². The largest absolute Gasteiger partial charge is 0.497 e. The molecule has 1 heterocycles. The highest BCUT2D eigenvalue weighted by Crippen LogP contribution is 2.20. The van der Waals surface area contributed by atoms with E-state index in [1.165, 1.54) is 18.3 Å². The Morgan fingerprint density at radius 2 is 1.81 bits per heavy atom. The number of hydrogen-bond donors (Lipinski definition) is 2. The van der Waals surface area contributed by atoms with E-state index in [4.69, 9.17) is 4.74 Å². The smallest absolute Gasteiger partial charge is 0.257 e. The van der Waals surface area contributed by atoms with Gasteiger partial charge in [0.2, 0.25) is 0 Å². The Kier molecular flexibility index (Phi) is 5.07. The number of benzene rings is 2. The second-order valence-electron chi connectivity index (χ2n) is 5.36. The number of carbonyl (C=O) groups is 1. The van der Waals surface area contributed by atoms with Crippen molar-refractivity contribution in [3.05, 3.63) is 78.0 Å². The van der Waals surface area contributed by atoms with E-state index in [2.05, 4.69) is 15.6 Å². The van der Waals surface area contributed by atoms with Crippen molar-refractivity contribution < 1.29 is 18.3 Å². The second-order valence-corrected chi connectivity index (χ2v) is 5.36. The molecular weight excluding hydrogens is 340 g/mol. The normalized spacial score (nSPS) is 10.3. The van der Waals surface area contributed by atoms with E-state index in [9.17, 15) is 13.6 Å². The predicted molar refractivity (Wildman–Crippen MR) is 94.8 cm³/mol. The van der Waals surface area contributed by atoms with Crippen LogP contribution in [0.2, 0.25) is 0 Å². The molecule has 0 fully saturated rings. The summed E-state index contributed by atoms with van der Waals surface area (Å²) in [6.45, 7) is 0. The Morgan fingerprint density at radius 3 is 2.42 bits per heavy atom. The number of nitrogens with one attached hydrogen (secondary N) is 2. The molecule has 1 amide bonds. The molecule has 2 aromatic carbocycles. The fourth-order valence-electron chi connectivity index (χ4n) is 2.21. The van der Waals surface area contributed by atoms with Crippen LogP contribution in [-0.4, -0.2) is 18.0 Å². The Bertz CT molecular complexity index is 913. The van der Waals surface area contributed by atoms with Gasteiger partial charge < -0.3 is 15.4 Å². The van der Waals surface area contributed by atoms with Crippen LogP contribution in [0.4, 0.5) is 26.0 Å². The molecule has 1 aromatic heterocycles. The van der Waals surface area contributed by atoms with Crippen molar-refractivity contribution in [3.63, 3.8) is 0 Å². The number of pyridine rings is 1. The molecule has 5 nitrogen and oxygen atoms in total. The zero-order valence-corrected chi connectivity index (χ0v) is 13.8. The molecule has 132 valence electrons. The van der Waals surface area contributed by atoms with Gasteiger partial charge in [0.25, 0.3) is 5.91 Å². The number of halogens is 2. The summed E-state index contributed by atoms with van der Waals surface area (Å²) in [5.74, 6) is -0.702. The maximum atomic E-state index is 13.6. The molecule has 3 rings (SSSR count). The minimum atomic E-state index is -0.729. The molecule has 0 spiro atoms. The van der Waals surface area contributed by atoms with E-state index in [-0.39, 0.29) is 11.6 Å². The van der Waals surface area contributed by atoms with Crippen molar-refractivity contribution in [1.29, 1.82) is 0 Å². The van der Waals surface area contributed by atoms with Crippen LogP contribution in [0.3, 0.4) is 0 Å². The highest BCUT2D eigenvalue weighted by molar-refractivity contribution is 6.04. The lowest BCUT2D eigenvalue weighted by Crippen LogP contribution is -2.12. The first-order valence-corrected chi connectivity index (χ1v) is 7.69. The second kappa shape index (κ2) is 7.60. The topological polar surface area (TPSA) is 63.2 Å². The van der Waals surface area contributed by atoms with Crippen molar-refractivity contribution in [2.24, 2.45) is 0 Å². The molecule has 0 aliphatic heterocycles. The van der Waals surface area contributed by atoms with Crippen molar-refractivity contribution >= 4 is 23.1 Å². The highest BCUT2D eigenvalue weighted by Gasteiger charge is 2.09. The van der Waals surface area contributed by atoms with Gasteiger partial charge in [0.05, 0.1) is 18.4 Å². The third-order valence-corrected chi connectivity index (χ3v) is 3.57. The molecule has 2 N–H and O–H groups in total. The third kappa shape index (κ3) is 4.13. The van der Waals surface area contributed by atoms with Crippen molar-refractivity contribution in [2.45, 2.75) is 0 Å². The Balaban J connectivity index is 1.67. The minimum absolute atomic E-state index is 0.0920. The van der Waals surface area contributed by atoms with Crippen LogP contribution < -0.4 is 15.4 Å². The summed E-state index contributed by atoms with van der Waals surface area (Å²) in [6.07, 6.45) is 1.36.